The number of hydrogen-bond acceptors (Lipinski definition) is 5. The van der Waals surface area contributed by atoms with Crippen molar-refractivity contribution in [2.75, 3.05) is 40.6 Å². The Labute approximate surface area is 126 Å². The van der Waals surface area contributed by atoms with E-state index < -0.39 is 0 Å². The van der Waals surface area contributed by atoms with Gasteiger partial charge in [0.1, 0.15) is 0 Å². The minimum atomic E-state index is 0.135. The molecule has 1 fully saturated rings. The number of nitrogens with one attached hydrogen (secondary N) is 1. The largest absolute Gasteiger partial charge is 0.493 e. The molecule has 118 valence electrons. The molecule has 1 saturated heterocycles. The number of likely N-dealkylation sites (N-methyl/N-ethyl adjacent to an activating group) is 1. The highest BCUT2D eigenvalue weighted by Crippen LogP contribution is 2.30. The van der Waals surface area contributed by atoms with E-state index in [1.807, 2.05) is 18.2 Å². The van der Waals surface area contributed by atoms with Gasteiger partial charge in [-0.05, 0) is 30.7 Å². The van der Waals surface area contributed by atoms with Gasteiger partial charge in [0, 0.05) is 6.61 Å². The fourth-order valence-corrected chi connectivity index (χ4v) is 2.47. The molecule has 1 heterocycles. The molecular formula is C16H25NO4. The van der Waals surface area contributed by atoms with Gasteiger partial charge >= 0.3 is 0 Å². The van der Waals surface area contributed by atoms with Gasteiger partial charge in [-0.1, -0.05) is 13.0 Å². The second-order valence-electron chi connectivity index (χ2n) is 5.04. The molecule has 0 spiro atoms. The van der Waals surface area contributed by atoms with Gasteiger partial charge in [0.2, 0.25) is 0 Å². The minimum Gasteiger partial charge on any atom is -0.493 e. The topological polar surface area (TPSA) is 49.0 Å². The Morgan fingerprint density at radius 3 is 2.71 bits per heavy atom. The van der Waals surface area contributed by atoms with Gasteiger partial charge < -0.3 is 24.3 Å². The summed E-state index contributed by atoms with van der Waals surface area (Å²) in [5.74, 6) is 1.48. The van der Waals surface area contributed by atoms with Crippen LogP contribution in [0.25, 0.3) is 0 Å². The average molecular weight is 295 g/mol. The van der Waals surface area contributed by atoms with Crippen LogP contribution < -0.4 is 14.8 Å². The maximum Gasteiger partial charge on any atom is 0.161 e. The maximum absolute atomic E-state index is 5.94. The Kier molecular flexibility index (Phi) is 6.29. The fraction of sp³-hybridized carbons (Fsp3) is 0.625. The van der Waals surface area contributed by atoms with Crippen molar-refractivity contribution in [3.63, 3.8) is 0 Å². The number of rotatable bonds is 8. The summed E-state index contributed by atoms with van der Waals surface area (Å²) >= 11 is 0. The molecule has 0 radical (unpaired) electrons. The molecule has 2 rings (SSSR count). The first kappa shape index (κ1) is 16.1. The van der Waals surface area contributed by atoms with Crippen LogP contribution in [0.15, 0.2) is 18.2 Å². The van der Waals surface area contributed by atoms with Crippen molar-refractivity contribution >= 4 is 0 Å². The third-order valence-electron chi connectivity index (χ3n) is 3.65. The molecule has 1 aliphatic rings. The molecule has 5 nitrogen and oxygen atoms in total. The van der Waals surface area contributed by atoms with Crippen molar-refractivity contribution in [2.45, 2.75) is 25.5 Å². The summed E-state index contributed by atoms with van der Waals surface area (Å²) in [5, 5.41) is 3.45. The first-order valence-corrected chi connectivity index (χ1v) is 7.43. The zero-order chi connectivity index (χ0) is 15.1. The molecule has 21 heavy (non-hydrogen) atoms. The molecular weight excluding hydrogens is 270 g/mol. The van der Waals surface area contributed by atoms with Gasteiger partial charge in [0.15, 0.2) is 11.5 Å². The van der Waals surface area contributed by atoms with E-state index in [-0.39, 0.29) is 12.1 Å². The second-order valence-corrected chi connectivity index (χ2v) is 5.04. The van der Waals surface area contributed by atoms with Crippen molar-refractivity contribution in [2.24, 2.45) is 0 Å². The van der Waals surface area contributed by atoms with Crippen LogP contribution in [0.4, 0.5) is 0 Å². The zero-order valence-corrected chi connectivity index (χ0v) is 13.1. The monoisotopic (exact) mass is 295 g/mol. The van der Waals surface area contributed by atoms with Crippen LogP contribution in [0.3, 0.4) is 0 Å². The van der Waals surface area contributed by atoms with E-state index in [0.29, 0.717) is 13.2 Å². The van der Waals surface area contributed by atoms with Gasteiger partial charge in [-0.3, -0.25) is 0 Å². The number of methoxy groups -OCH3 is 2. The number of hydrogen-bond donors (Lipinski definition) is 1. The molecule has 1 N–H and O–H groups in total. The lowest BCUT2D eigenvalue weighted by Gasteiger charge is -2.21. The van der Waals surface area contributed by atoms with Crippen molar-refractivity contribution in [1.29, 1.82) is 0 Å². The summed E-state index contributed by atoms with van der Waals surface area (Å²) in [6.07, 6.45) is 1.19. The molecule has 0 amide bonds. The first-order valence-electron chi connectivity index (χ1n) is 7.43. The summed E-state index contributed by atoms with van der Waals surface area (Å²) in [7, 11) is 3.29. The molecule has 1 aromatic carbocycles. The summed E-state index contributed by atoms with van der Waals surface area (Å²) in [4.78, 5) is 0. The first-order chi connectivity index (χ1) is 10.3. The van der Waals surface area contributed by atoms with Crippen LogP contribution >= 0.6 is 0 Å². The van der Waals surface area contributed by atoms with Crippen molar-refractivity contribution in [1.82, 2.24) is 5.32 Å². The van der Waals surface area contributed by atoms with Crippen molar-refractivity contribution < 1.29 is 18.9 Å². The Bertz CT molecular complexity index is 432. The second kappa shape index (κ2) is 8.22. The molecule has 0 saturated carbocycles. The van der Waals surface area contributed by atoms with Crippen LogP contribution in [-0.4, -0.2) is 46.7 Å². The summed E-state index contributed by atoms with van der Waals surface area (Å²) in [6, 6.07) is 6.11. The molecule has 1 aliphatic heterocycles. The Morgan fingerprint density at radius 1 is 1.29 bits per heavy atom. The number of benzene rings is 1. The lowest BCUT2D eigenvalue weighted by molar-refractivity contribution is 0.0299. The maximum atomic E-state index is 5.94. The Morgan fingerprint density at radius 2 is 2.10 bits per heavy atom. The van der Waals surface area contributed by atoms with Gasteiger partial charge in [-0.2, -0.15) is 0 Å². The van der Waals surface area contributed by atoms with Gasteiger partial charge in [-0.25, -0.2) is 0 Å². The van der Waals surface area contributed by atoms with E-state index in [4.69, 9.17) is 18.9 Å². The van der Waals surface area contributed by atoms with E-state index in [0.717, 1.165) is 36.6 Å². The molecule has 0 aliphatic carbocycles. The average Bonchev–Trinajstić information content (AvgIpc) is 3.04. The van der Waals surface area contributed by atoms with E-state index in [1.54, 1.807) is 14.2 Å². The van der Waals surface area contributed by atoms with Crippen LogP contribution in [0.2, 0.25) is 0 Å². The van der Waals surface area contributed by atoms with E-state index >= 15 is 0 Å². The SMILES string of the molecule is CCNC(COC1CCOC1)c1ccc(OC)c(OC)c1. The standard InChI is InChI=1S/C16H25NO4/c1-4-17-14(11-21-13-7-8-20-10-13)12-5-6-15(18-2)16(9-12)19-3/h5-6,9,13-14,17H,4,7-8,10-11H2,1-3H3. The Hall–Kier alpha value is -1.30. The molecule has 0 aromatic heterocycles. The normalized spacial score (nSPS) is 19.5. The highest BCUT2D eigenvalue weighted by Gasteiger charge is 2.19. The Balaban J connectivity index is 2.05. The molecule has 5 heteroatoms. The van der Waals surface area contributed by atoms with Gasteiger partial charge in [-0.15, -0.1) is 0 Å². The predicted octanol–water partition coefficient (Wildman–Crippen LogP) is 2.16. The third kappa shape index (κ3) is 4.33. The lowest BCUT2D eigenvalue weighted by Crippen LogP contribution is -2.28. The van der Waals surface area contributed by atoms with Crippen molar-refractivity contribution in [3.8, 4) is 11.5 Å². The van der Waals surface area contributed by atoms with Gasteiger partial charge in [0.05, 0.1) is 39.6 Å². The van der Waals surface area contributed by atoms with E-state index in [1.165, 1.54) is 0 Å². The van der Waals surface area contributed by atoms with Crippen molar-refractivity contribution in [3.05, 3.63) is 23.8 Å². The molecule has 2 unspecified atom stereocenters. The van der Waals surface area contributed by atoms with Crippen LogP contribution in [0.5, 0.6) is 11.5 Å². The lowest BCUT2D eigenvalue weighted by atomic mass is 10.1. The summed E-state index contributed by atoms with van der Waals surface area (Å²) < 4.78 is 21.9. The van der Waals surface area contributed by atoms with Gasteiger partial charge in [0.25, 0.3) is 0 Å². The summed E-state index contributed by atoms with van der Waals surface area (Å²) in [6.45, 7) is 5.09. The predicted molar refractivity (Wildman–Crippen MR) is 81.1 cm³/mol. The summed E-state index contributed by atoms with van der Waals surface area (Å²) in [5.41, 5.74) is 1.13. The zero-order valence-electron chi connectivity index (χ0n) is 13.1. The van der Waals surface area contributed by atoms with Crippen LogP contribution in [0, 0.1) is 0 Å². The minimum absolute atomic E-state index is 0.135. The highest BCUT2D eigenvalue weighted by molar-refractivity contribution is 5.43. The molecule has 2 atom stereocenters. The molecule has 0 bridgehead atoms. The smallest absolute Gasteiger partial charge is 0.161 e. The van der Waals surface area contributed by atoms with Crippen LogP contribution in [0.1, 0.15) is 24.9 Å². The van der Waals surface area contributed by atoms with E-state index in [9.17, 15) is 0 Å². The molecule has 1 aromatic rings. The number of ether oxygens (including phenoxy) is 4. The third-order valence-corrected chi connectivity index (χ3v) is 3.65. The highest BCUT2D eigenvalue weighted by atomic mass is 16.5. The van der Waals surface area contributed by atoms with Crippen LogP contribution in [-0.2, 0) is 9.47 Å². The van der Waals surface area contributed by atoms with E-state index in [2.05, 4.69) is 12.2 Å². The fourth-order valence-electron chi connectivity index (χ4n) is 2.47. The quantitative estimate of drug-likeness (QED) is 0.796.